The molecule has 0 fully saturated rings. The van der Waals surface area contributed by atoms with Crippen molar-refractivity contribution in [1.82, 2.24) is 20.1 Å². The van der Waals surface area contributed by atoms with Gasteiger partial charge in [0, 0.05) is 27.5 Å². The average Bonchev–Trinajstić information content (AvgIpc) is 3.16. The summed E-state index contributed by atoms with van der Waals surface area (Å²) in [4.78, 5) is 17.0. The minimum atomic E-state index is -1.05. The highest BCUT2D eigenvalue weighted by Crippen LogP contribution is 2.16. The van der Waals surface area contributed by atoms with Gasteiger partial charge in [0.25, 0.3) is 5.91 Å². The normalized spacial score (nSPS) is 13.2. The number of hydrogen-bond donors (Lipinski definition) is 1. The lowest BCUT2D eigenvalue weighted by Gasteiger charge is -2.15. The molecule has 25 heavy (non-hydrogen) atoms. The zero-order valence-corrected chi connectivity index (χ0v) is 14.7. The molecule has 0 spiro atoms. The van der Waals surface area contributed by atoms with Gasteiger partial charge in [0.1, 0.15) is 12.7 Å². The van der Waals surface area contributed by atoms with Crippen LogP contribution in [0.5, 0.6) is 0 Å². The minimum absolute atomic E-state index is 0.141. The predicted octanol–water partition coefficient (Wildman–Crippen LogP) is 2.50. The number of hydrogen-bond acceptors (Lipinski definition) is 4. The lowest BCUT2D eigenvalue weighted by Crippen LogP contribution is -2.26. The van der Waals surface area contributed by atoms with Crippen LogP contribution >= 0.6 is 0 Å². The molecule has 0 radical (unpaired) electrons. The molecule has 1 N–H and O–H groups in total. The Bertz CT molecular complexity index is 874. The molecule has 2 unspecified atom stereocenters. The van der Waals surface area contributed by atoms with E-state index in [1.54, 1.807) is 41.5 Å². The maximum atomic E-state index is 12.4. The van der Waals surface area contributed by atoms with E-state index in [1.807, 2.05) is 31.2 Å². The first-order chi connectivity index (χ1) is 12.0. The number of amides is 1. The zero-order chi connectivity index (χ0) is 17.8. The van der Waals surface area contributed by atoms with E-state index < -0.39 is 10.8 Å². The highest BCUT2D eigenvalue weighted by Gasteiger charge is 2.12. The van der Waals surface area contributed by atoms with Crippen LogP contribution in [-0.2, 0) is 10.8 Å². The van der Waals surface area contributed by atoms with Gasteiger partial charge in [0.2, 0.25) is 0 Å². The van der Waals surface area contributed by atoms with Crippen molar-refractivity contribution in [1.29, 1.82) is 0 Å². The van der Waals surface area contributed by atoms with Crippen LogP contribution in [0.15, 0.2) is 66.1 Å². The van der Waals surface area contributed by atoms with Crippen molar-refractivity contribution in [2.75, 3.05) is 6.26 Å². The first-order valence-electron chi connectivity index (χ1n) is 7.74. The fourth-order valence-corrected chi connectivity index (χ4v) is 2.94. The van der Waals surface area contributed by atoms with Crippen LogP contribution in [0.3, 0.4) is 0 Å². The van der Waals surface area contributed by atoms with Crippen LogP contribution in [0.2, 0.25) is 0 Å². The molecule has 0 aliphatic heterocycles. The van der Waals surface area contributed by atoms with Gasteiger partial charge in [-0.15, -0.1) is 0 Å². The van der Waals surface area contributed by atoms with Gasteiger partial charge in [0.05, 0.1) is 11.7 Å². The molecular weight excluding hydrogens is 336 g/mol. The monoisotopic (exact) mass is 354 g/mol. The predicted molar refractivity (Wildman–Crippen MR) is 96.0 cm³/mol. The van der Waals surface area contributed by atoms with E-state index in [0.29, 0.717) is 10.5 Å². The molecule has 2 aromatic carbocycles. The highest BCUT2D eigenvalue weighted by molar-refractivity contribution is 7.84. The Morgan fingerprint density at radius 1 is 1.12 bits per heavy atom. The molecular formula is C18H18N4O2S. The van der Waals surface area contributed by atoms with Crippen molar-refractivity contribution < 1.29 is 9.00 Å². The van der Waals surface area contributed by atoms with Crippen LogP contribution in [0, 0.1) is 0 Å². The Kier molecular flexibility index (Phi) is 5.04. The third-order valence-electron chi connectivity index (χ3n) is 3.87. The number of carbonyl (C=O) groups excluding carboxylic acids is 1. The third-order valence-corrected chi connectivity index (χ3v) is 4.81. The van der Waals surface area contributed by atoms with Gasteiger partial charge in [-0.05, 0) is 48.9 Å². The van der Waals surface area contributed by atoms with Crippen molar-refractivity contribution in [2.45, 2.75) is 17.9 Å². The van der Waals surface area contributed by atoms with Gasteiger partial charge in [-0.1, -0.05) is 12.1 Å². The molecule has 0 aliphatic carbocycles. The SMILES string of the molecule is CC(NC(=O)c1ccc(S(C)=O)cc1)c1ccc(-n2cncn2)cc1. The van der Waals surface area contributed by atoms with E-state index in [9.17, 15) is 9.00 Å². The topological polar surface area (TPSA) is 76.9 Å². The highest BCUT2D eigenvalue weighted by atomic mass is 32.2. The second kappa shape index (κ2) is 7.40. The maximum absolute atomic E-state index is 12.4. The second-order valence-electron chi connectivity index (χ2n) is 5.61. The van der Waals surface area contributed by atoms with E-state index in [0.717, 1.165) is 11.3 Å². The summed E-state index contributed by atoms with van der Waals surface area (Å²) in [6.07, 6.45) is 4.73. The summed E-state index contributed by atoms with van der Waals surface area (Å²) < 4.78 is 13.1. The van der Waals surface area contributed by atoms with Crippen molar-refractivity contribution >= 4 is 16.7 Å². The molecule has 0 aliphatic rings. The summed E-state index contributed by atoms with van der Waals surface area (Å²) in [5, 5.41) is 7.05. The van der Waals surface area contributed by atoms with Gasteiger partial charge < -0.3 is 5.32 Å². The number of nitrogens with one attached hydrogen (secondary N) is 1. The quantitative estimate of drug-likeness (QED) is 0.764. The lowest BCUT2D eigenvalue weighted by atomic mass is 10.1. The molecule has 2 atom stereocenters. The summed E-state index contributed by atoms with van der Waals surface area (Å²) in [6.45, 7) is 1.93. The number of rotatable bonds is 5. The average molecular weight is 354 g/mol. The van der Waals surface area contributed by atoms with E-state index in [1.165, 1.54) is 6.33 Å². The fraction of sp³-hybridized carbons (Fsp3) is 0.167. The standard InChI is InChI=1S/C18H18N4O2S/c1-13(14-3-7-16(8-4-14)22-12-19-11-20-22)21-18(23)15-5-9-17(10-6-15)25(2)24/h3-13H,1-2H3,(H,21,23). The Morgan fingerprint density at radius 2 is 1.80 bits per heavy atom. The molecule has 6 nitrogen and oxygen atoms in total. The summed E-state index contributed by atoms with van der Waals surface area (Å²) in [5.74, 6) is -0.165. The first-order valence-corrected chi connectivity index (χ1v) is 9.30. The Balaban J connectivity index is 1.67. The zero-order valence-electron chi connectivity index (χ0n) is 13.9. The first kappa shape index (κ1) is 17.0. The molecule has 1 aromatic heterocycles. The molecule has 7 heteroatoms. The van der Waals surface area contributed by atoms with Gasteiger partial charge in [-0.2, -0.15) is 5.10 Å². The molecule has 3 rings (SSSR count). The third kappa shape index (κ3) is 4.00. The molecule has 3 aromatic rings. The fourth-order valence-electron chi connectivity index (χ4n) is 2.42. The molecule has 1 amide bonds. The Labute approximate surface area is 148 Å². The number of nitrogens with zero attached hydrogens (tertiary/aromatic N) is 3. The van der Waals surface area contributed by atoms with E-state index in [4.69, 9.17) is 0 Å². The van der Waals surface area contributed by atoms with Crippen LogP contribution in [-0.4, -0.2) is 31.1 Å². The molecule has 0 saturated carbocycles. The van der Waals surface area contributed by atoms with Crippen LogP contribution in [0.4, 0.5) is 0 Å². The Hall–Kier alpha value is -2.80. The lowest BCUT2D eigenvalue weighted by molar-refractivity contribution is 0.0940. The second-order valence-corrected chi connectivity index (χ2v) is 6.98. The number of carbonyl (C=O) groups is 1. The summed E-state index contributed by atoms with van der Waals surface area (Å²) in [7, 11) is -1.05. The largest absolute Gasteiger partial charge is 0.346 e. The van der Waals surface area contributed by atoms with Crippen LogP contribution in [0.25, 0.3) is 5.69 Å². The van der Waals surface area contributed by atoms with Gasteiger partial charge >= 0.3 is 0 Å². The van der Waals surface area contributed by atoms with Crippen LogP contribution < -0.4 is 5.32 Å². The number of benzene rings is 2. The van der Waals surface area contributed by atoms with Crippen molar-refractivity contribution in [3.05, 3.63) is 72.3 Å². The molecule has 0 saturated heterocycles. The van der Waals surface area contributed by atoms with Gasteiger partial charge in [-0.25, -0.2) is 9.67 Å². The molecule has 0 bridgehead atoms. The van der Waals surface area contributed by atoms with Crippen molar-refractivity contribution in [2.24, 2.45) is 0 Å². The van der Waals surface area contributed by atoms with Gasteiger partial charge in [-0.3, -0.25) is 9.00 Å². The molecule has 1 heterocycles. The summed E-state index contributed by atoms with van der Waals surface area (Å²) in [5.41, 5.74) is 2.44. The molecule has 128 valence electrons. The van der Waals surface area contributed by atoms with Crippen molar-refractivity contribution in [3.8, 4) is 5.69 Å². The summed E-state index contributed by atoms with van der Waals surface area (Å²) >= 11 is 0. The van der Waals surface area contributed by atoms with Crippen molar-refractivity contribution in [3.63, 3.8) is 0 Å². The maximum Gasteiger partial charge on any atom is 0.251 e. The summed E-state index contributed by atoms with van der Waals surface area (Å²) in [6, 6.07) is 14.4. The van der Waals surface area contributed by atoms with Gasteiger partial charge in [0.15, 0.2) is 0 Å². The van der Waals surface area contributed by atoms with E-state index in [2.05, 4.69) is 15.4 Å². The Morgan fingerprint density at radius 3 is 2.36 bits per heavy atom. The van der Waals surface area contributed by atoms with Crippen LogP contribution in [0.1, 0.15) is 28.9 Å². The minimum Gasteiger partial charge on any atom is -0.346 e. The number of aromatic nitrogens is 3. The smallest absolute Gasteiger partial charge is 0.251 e. The van der Waals surface area contributed by atoms with E-state index in [-0.39, 0.29) is 11.9 Å². The van der Waals surface area contributed by atoms with E-state index >= 15 is 0 Å².